The van der Waals surface area contributed by atoms with Gasteiger partial charge in [-0.05, 0) is 62.4 Å². The Kier molecular flexibility index (Phi) is 5.51. The number of hydrogen-bond donors (Lipinski definition) is 3. The number of aromatic nitrogens is 4. The summed E-state index contributed by atoms with van der Waals surface area (Å²) in [5.74, 6) is 1.90. The Morgan fingerprint density at radius 3 is 2.58 bits per heavy atom. The number of fused-ring (bicyclic) bond motifs is 1. The number of nitrogens with one attached hydrogen (secondary N) is 1. The van der Waals surface area contributed by atoms with Crippen molar-refractivity contribution >= 4 is 23.1 Å². The van der Waals surface area contributed by atoms with Crippen LogP contribution >= 0.6 is 0 Å². The van der Waals surface area contributed by atoms with E-state index in [1.807, 2.05) is 41.8 Å². The van der Waals surface area contributed by atoms with Crippen molar-refractivity contribution in [2.45, 2.75) is 44.6 Å². The zero-order valence-electron chi connectivity index (χ0n) is 18.4. The van der Waals surface area contributed by atoms with Crippen molar-refractivity contribution in [3.8, 4) is 11.3 Å². The van der Waals surface area contributed by atoms with E-state index in [-0.39, 0.29) is 17.9 Å². The maximum atomic E-state index is 12.7. The van der Waals surface area contributed by atoms with Gasteiger partial charge >= 0.3 is 0 Å². The molecule has 0 bridgehead atoms. The monoisotopic (exact) mass is 442 g/mol. The molecule has 4 N–H and O–H groups in total. The highest BCUT2D eigenvalue weighted by Crippen LogP contribution is 2.36. The Morgan fingerprint density at radius 1 is 1.09 bits per heavy atom. The van der Waals surface area contributed by atoms with Gasteiger partial charge in [-0.25, -0.2) is 15.0 Å². The molecule has 168 valence electrons. The van der Waals surface area contributed by atoms with Crippen LogP contribution in [0.3, 0.4) is 0 Å². The first kappa shape index (κ1) is 21.1. The second-order valence-electron chi connectivity index (χ2n) is 8.61. The predicted molar refractivity (Wildman–Crippen MR) is 127 cm³/mol. The van der Waals surface area contributed by atoms with E-state index < -0.39 is 0 Å². The van der Waals surface area contributed by atoms with Crippen LogP contribution < -0.4 is 11.1 Å². The maximum Gasteiger partial charge on any atom is 0.256 e. The minimum absolute atomic E-state index is 0.225. The average molecular weight is 443 g/mol. The molecule has 0 saturated heterocycles. The SMILES string of the molecule is Cc1ccnc(NC(=O)c2ccc(-c3nc([C@H]4CC[C@H](O)CC4)n4ccnc(N)c34)cc2)c1. The van der Waals surface area contributed by atoms with E-state index >= 15 is 0 Å². The number of pyridine rings is 1. The third kappa shape index (κ3) is 4.17. The summed E-state index contributed by atoms with van der Waals surface area (Å²) in [6.45, 7) is 1.95. The molecule has 1 saturated carbocycles. The molecule has 1 aromatic carbocycles. The second kappa shape index (κ2) is 8.63. The number of aliphatic hydroxyl groups excluding tert-OH is 1. The highest BCUT2D eigenvalue weighted by molar-refractivity contribution is 6.04. The number of anilines is 2. The number of carbonyl (C=O) groups excluding carboxylic acids is 1. The van der Waals surface area contributed by atoms with Crippen molar-refractivity contribution in [1.82, 2.24) is 19.4 Å². The molecule has 4 aromatic rings. The molecule has 8 nitrogen and oxygen atoms in total. The van der Waals surface area contributed by atoms with E-state index in [1.165, 1.54) is 0 Å². The average Bonchev–Trinajstić information content (AvgIpc) is 3.21. The minimum Gasteiger partial charge on any atom is -0.393 e. The van der Waals surface area contributed by atoms with Crippen molar-refractivity contribution in [1.29, 1.82) is 0 Å². The molecule has 0 radical (unpaired) electrons. The van der Waals surface area contributed by atoms with Crippen LogP contribution in [0.2, 0.25) is 0 Å². The Balaban J connectivity index is 1.46. The van der Waals surface area contributed by atoms with Crippen LogP contribution in [-0.4, -0.2) is 36.5 Å². The molecule has 3 heterocycles. The fourth-order valence-electron chi connectivity index (χ4n) is 4.48. The minimum atomic E-state index is -0.229. The lowest BCUT2D eigenvalue weighted by atomic mass is 9.87. The smallest absolute Gasteiger partial charge is 0.256 e. The summed E-state index contributed by atoms with van der Waals surface area (Å²) in [4.78, 5) is 26.1. The van der Waals surface area contributed by atoms with E-state index in [2.05, 4.69) is 15.3 Å². The van der Waals surface area contributed by atoms with Gasteiger partial charge in [0.15, 0.2) is 0 Å². The van der Waals surface area contributed by atoms with Gasteiger partial charge in [-0.15, -0.1) is 0 Å². The van der Waals surface area contributed by atoms with Crippen molar-refractivity contribution in [2.75, 3.05) is 11.1 Å². The third-order valence-corrected chi connectivity index (χ3v) is 6.25. The molecule has 3 aromatic heterocycles. The van der Waals surface area contributed by atoms with Crippen LogP contribution in [0.4, 0.5) is 11.6 Å². The van der Waals surface area contributed by atoms with E-state index in [0.29, 0.717) is 17.2 Å². The summed E-state index contributed by atoms with van der Waals surface area (Å²) in [5.41, 5.74) is 10.2. The number of nitrogens with two attached hydrogens (primary N) is 1. The molecule has 0 atom stereocenters. The molecule has 1 fully saturated rings. The standard InChI is InChI=1S/C25H26N6O2/c1-15-10-11-27-20(14-15)29-25(33)18-4-2-16(3-5-18)21-22-23(26)28-12-13-31(22)24(30-21)17-6-8-19(32)9-7-17/h2-5,10-14,17,19,32H,6-9H2,1H3,(H2,26,28)(H,27,29,33)/t17-,19-. The number of aryl methyl sites for hydroxylation is 1. The Morgan fingerprint density at radius 2 is 1.85 bits per heavy atom. The summed E-state index contributed by atoms with van der Waals surface area (Å²) in [5, 5.41) is 12.7. The third-order valence-electron chi connectivity index (χ3n) is 6.25. The molecule has 0 aliphatic heterocycles. The van der Waals surface area contributed by atoms with Gasteiger partial charge in [0, 0.05) is 35.6 Å². The summed E-state index contributed by atoms with van der Waals surface area (Å²) in [7, 11) is 0. The molecule has 33 heavy (non-hydrogen) atoms. The number of aliphatic hydroxyl groups is 1. The molecule has 8 heteroatoms. The van der Waals surface area contributed by atoms with Gasteiger partial charge < -0.3 is 16.2 Å². The number of benzene rings is 1. The Hall–Kier alpha value is -3.78. The van der Waals surface area contributed by atoms with Crippen molar-refractivity contribution in [2.24, 2.45) is 0 Å². The molecule has 0 unspecified atom stereocenters. The fraction of sp³-hybridized carbons (Fsp3) is 0.280. The number of amides is 1. The lowest BCUT2D eigenvalue weighted by molar-refractivity contribution is 0.102. The predicted octanol–water partition coefficient (Wildman–Crippen LogP) is 3.95. The molecule has 5 rings (SSSR count). The van der Waals surface area contributed by atoms with Gasteiger partial charge in [0.05, 0.1) is 6.10 Å². The van der Waals surface area contributed by atoms with Crippen molar-refractivity contribution < 1.29 is 9.90 Å². The van der Waals surface area contributed by atoms with Gasteiger partial charge in [0.25, 0.3) is 5.91 Å². The van der Waals surface area contributed by atoms with E-state index in [9.17, 15) is 9.90 Å². The highest BCUT2D eigenvalue weighted by Gasteiger charge is 2.26. The van der Waals surface area contributed by atoms with E-state index in [1.54, 1.807) is 24.5 Å². The van der Waals surface area contributed by atoms with Crippen LogP contribution in [0.5, 0.6) is 0 Å². The second-order valence-corrected chi connectivity index (χ2v) is 8.61. The summed E-state index contributed by atoms with van der Waals surface area (Å²) < 4.78 is 2.02. The molecule has 1 amide bonds. The van der Waals surface area contributed by atoms with Crippen LogP contribution in [-0.2, 0) is 0 Å². The van der Waals surface area contributed by atoms with Gasteiger partial charge in [0.2, 0.25) is 0 Å². The molecule has 0 spiro atoms. The van der Waals surface area contributed by atoms with Crippen LogP contribution in [0.15, 0.2) is 55.0 Å². The first-order valence-corrected chi connectivity index (χ1v) is 11.1. The number of nitrogen functional groups attached to an aromatic ring is 1. The normalized spacial score (nSPS) is 18.4. The number of carbonyl (C=O) groups is 1. The lowest BCUT2D eigenvalue weighted by Crippen LogP contribution is -2.18. The highest BCUT2D eigenvalue weighted by atomic mass is 16.3. The fourth-order valence-corrected chi connectivity index (χ4v) is 4.48. The maximum absolute atomic E-state index is 12.7. The van der Waals surface area contributed by atoms with Gasteiger partial charge in [0.1, 0.15) is 28.7 Å². The lowest BCUT2D eigenvalue weighted by Gasteiger charge is -2.24. The molecule has 1 aliphatic rings. The Labute approximate surface area is 191 Å². The molecular formula is C25H26N6O2. The van der Waals surface area contributed by atoms with Gasteiger partial charge in [-0.2, -0.15) is 0 Å². The van der Waals surface area contributed by atoms with Crippen molar-refractivity contribution in [3.63, 3.8) is 0 Å². The van der Waals surface area contributed by atoms with Crippen LogP contribution in [0.1, 0.15) is 53.3 Å². The van der Waals surface area contributed by atoms with Crippen LogP contribution in [0.25, 0.3) is 16.8 Å². The zero-order valence-corrected chi connectivity index (χ0v) is 18.4. The van der Waals surface area contributed by atoms with Gasteiger partial charge in [-0.3, -0.25) is 9.20 Å². The first-order chi connectivity index (χ1) is 16.0. The van der Waals surface area contributed by atoms with Crippen LogP contribution in [0, 0.1) is 6.92 Å². The van der Waals surface area contributed by atoms with Crippen molar-refractivity contribution in [3.05, 3.63) is 71.9 Å². The topological polar surface area (TPSA) is 118 Å². The molecule has 1 aliphatic carbocycles. The molecular weight excluding hydrogens is 416 g/mol. The quantitative estimate of drug-likeness (QED) is 0.440. The van der Waals surface area contributed by atoms with E-state index in [0.717, 1.165) is 53.8 Å². The van der Waals surface area contributed by atoms with Gasteiger partial charge in [-0.1, -0.05) is 12.1 Å². The number of hydrogen-bond acceptors (Lipinski definition) is 6. The first-order valence-electron chi connectivity index (χ1n) is 11.1. The largest absolute Gasteiger partial charge is 0.393 e. The summed E-state index contributed by atoms with van der Waals surface area (Å²) >= 11 is 0. The number of rotatable bonds is 4. The zero-order chi connectivity index (χ0) is 22.9. The summed E-state index contributed by atoms with van der Waals surface area (Å²) in [6, 6.07) is 11.0. The Bertz CT molecular complexity index is 1310. The number of imidazole rings is 1. The summed E-state index contributed by atoms with van der Waals surface area (Å²) in [6.07, 6.45) is 8.32. The van der Waals surface area contributed by atoms with E-state index in [4.69, 9.17) is 10.7 Å². The number of nitrogens with zero attached hydrogens (tertiary/aromatic N) is 4.